The second kappa shape index (κ2) is 17.6. The molecule has 26 heavy (non-hydrogen) atoms. The monoisotopic (exact) mass is 366 g/mol. The third-order valence-electron chi connectivity index (χ3n) is 4.92. The van der Waals surface area contributed by atoms with Gasteiger partial charge in [0.2, 0.25) is 0 Å². The van der Waals surface area contributed by atoms with Crippen LogP contribution in [0.3, 0.4) is 0 Å². The van der Waals surface area contributed by atoms with Gasteiger partial charge in [0.15, 0.2) is 0 Å². The van der Waals surface area contributed by atoms with Crippen LogP contribution in [0.2, 0.25) is 0 Å². The van der Waals surface area contributed by atoms with Crippen molar-refractivity contribution in [2.24, 2.45) is 11.8 Å². The minimum absolute atomic E-state index is 0.123. The van der Waals surface area contributed by atoms with Crippen molar-refractivity contribution in [3.05, 3.63) is 11.6 Å². The summed E-state index contributed by atoms with van der Waals surface area (Å²) in [6, 6.07) is 0. The molecular weight excluding hydrogens is 320 g/mol. The molecule has 2 nitrogen and oxygen atoms in total. The fourth-order valence-electron chi connectivity index (χ4n) is 3.09. The Bertz CT molecular complexity index is 355. The van der Waals surface area contributed by atoms with E-state index < -0.39 is 0 Å². The van der Waals surface area contributed by atoms with Crippen molar-refractivity contribution in [2.75, 3.05) is 6.61 Å². The van der Waals surface area contributed by atoms with Gasteiger partial charge < -0.3 is 4.74 Å². The molecule has 0 saturated carbocycles. The summed E-state index contributed by atoms with van der Waals surface area (Å²) in [6.45, 7) is 11.6. The second-order valence-corrected chi connectivity index (χ2v) is 8.71. The number of rotatable bonds is 17. The Kier molecular flexibility index (Phi) is 17.1. The van der Waals surface area contributed by atoms with Gasteiger partial charge in [0.05, 0.1) is 6.61 Å². The molecule has 0 aliphatic carbocycles. The molecule has 0 spiro atoms. The molecule has 0 rings (SSSR count). The smallest absolute Gasteiger partial charge is 0.333 e. The topological polar surface area (TPSA) is 26.3 Å². The van der Waals surface area contributed by atoms with E-state index in [2.05, 4.69) is 33.8 Å². The predicted octanol–water partition coefficient (Wildman–Crippen LogP) is 7.86. The molecule has 0 amide bonds. The summed E-state index contributed by atoms with van der Waals surface area (Å²) in [5.41, 5.74) is 0.779. The van der Waals surface area contributed by atoms with Gasteiger partial charge in [-0.1, -0.05) is 98.0 Å². The molecule has 0 aliphatic heterocycles. The number of allylic oxidation sites excluding steroid dienone is 1. The van der Waals surface area contributed by atoms with E-state index in [0.29, 0.717) is 6.61 Å². The number of ether oxygens (including phenoxy) is 1. The van der Waals surface area contributed by atoms with Gasteiger partial charge in [-0.3, -0.25) is 0 Å². The molecule has 0 aromatic heterocycles. The molecule has 0 heterocycles. The van der Waals surface area contributed by atoms with Crippen molar-refractivity contribution in [3.8, 4) is 0 Å². The highest BCUT2D eigenvalue weighted by atomic mass is 16.5. The number of hydrogen-bond acceptors (Lipinski definition) is 2. The molecule has 0 aromatic rings. The van der Waals surface area contributed by atoms with Gasteiger partial charge in [0, 0.05) is 5.57 Å². The molecule has 0 N–H and O–H groups in total. The summed E-state index contributed by atoms with van der Waals surface area (Å²) in [4.78, 5) is 11.9. The zero-order chi connectivity index (χ0) is 19.6. The van der Waals surface area contributed by atoms with Crippen LogP contribution in [-0.4, -0.2) is 12.6 Å². The fourth-order valence-corrected chi connectivity index (χ4v) is 3.09. The van der Waals surface area contributed by atoms with Crippen molar-refractivity contribution in [1.82, 2.24) is 0 Å². The maximum Gasteiger partial charge on any atom is 0.333 e. The molecular formula is C24H46O2. The van der Waals surface area contributed by atoms with Gasteiger partial charge in [0.1, 0.15) is 0 Å². The first-order valence-electron chi connectivity index (χ1n) is 11.3. The summed E-state index contributed by atoms with van der Waals surface area (Å²) in [7, 11) is 0. The Morgan fingerprint density at radius 1 is 0.731 bits per heavy atom. The maximum atomic E-state index is 11.9. The summed E-state index contributed by atoms with van der Waals surface area (Å²) < 4.78 is 5.37. The van der Waals surface area contributed by atoms with Gasteiger partial charge in [-0.15, -0.1) is 0 Å². The first-order chi connectivity index (χ1) is 12.4. The SMILES string of the molecule is CC(=CCCCCCCCC(C)C)C(=O)OCCCCCCCC(C)C. The Labute approximate surface area is 164 Å². The van der Waals surface area contributed by atoms with Gasteiger partial charge in [-0.2, -0.15) is 0 Å². The summed E-state index contributed by atoms with van der Waals surface area (Å²) >= 11 is 0. The van der Waals surface area contributed by atoms with Gasteiger partial charge >= 0.3 is 5.97 Å². The lowest BCUT2D eigenvalue weighted by molar-refractivity contribution is -0.139. The van der Waals surface area contributed by atoms with Crippen LogP contribution >= 0.6 is 0 Å². The zero-order valence-electron chi connectivity index (χ0n) is 18.4. The zero-order valence-corrected chi connectivity index (χ0v) is 18.4. The lowest BCUT2D eigenvalue weighted by Crippen LogP contribution is -2.07. The summed E-state index contributed by atoms with van der Waals surface area (Å²) in [5.74, 6) is 1.52. The van der Waals surface area contributed by atoms with Crippen molar-refractivity contribution >= 4 is 5.97 Å². The normalized spacial score (nSPS) is 12.2. The van der Waals surface area contributed by atoms with Gasteiger partial charge in [-0.25, -0.2) is 4.79 Å². The lowest BCUT2D eigenvalue weighted by Gasteiger charge is -2.06. The first kappa shape index (κ1) is 25.2. The van der Waals surface area contributed by atoms with E-state index in [9.17, 15) is 4.79 Å². The number of carbonyl (C=O) groups excluding carboxylic acids is 1. The Morgan fingerprint density at radius 2 is 1.19 bits per heavy atom. The van der Waals surface area contributed by atoms with Gasteiger partial charge in [-0.05, 0) is 38.0 Å². The third kappa shape index (κ3) is 18.0. The summed E-state index contributed by atoms with van der Waals surface area (Å²) in [5, 5.41) is 0. The molecule has 0 unspecified atom stereocenters. The van der Waals surface area contributed by atoms with Crippen LogP contribution in [0.4, 0.5) is 0 Å². The molecule has 0 aliphatic rings. The van der Waals surface area contributed by atoms with Crippen LogP contribution in [0.15, 0.2) is 11.6 Å². The Balaban J connectivity index is 3.50. The molecule has 2 heteroatoms. The van der Waals surface area contributed by atoms with Crippen LogP contribution in [0.25, 0.3) is 0 Å². The van der Waals surface area contributed by atoms with E-state index in [4.69, 9.17) is 4.74 Å². The second-order valence-electron chi connectivity index (χ2n) is 8.71. The van der Waals surface area contributed by atoms with Gasteiger partial charge in [0.25, 0.3) is 0 Å². The Hall–Kier alpha value is -0.790. The molecule has 0 saturated heterocycles. The quantitative estimate of drug-likeness (QED) is 0.149. The lowest BCUT2D eigenvalue weighted by atomic mass is 10.0. The van der Waals surface area contributed by atoms with E-state index in [-0.39, 0.29) is 5.97 Å². The van der Waals surface area contributed by atoms with E-state index >= 15 is 0 Å². The standard InChI is InChI=1S/C24H46O2/c1-21(2)17-13-9-6-7-11-15-19-23(5)24(25)26-20-16-12-8-10-14-18-22(3)4/h19,21-22H,6-18,20H2,1-5H3. The van der Waals surface area contributed by atoms with E-state index in [0.717, 1.165) is 30.3 Å². The van der Waals surface area contributed by atoms with Crippen LogP contribution in [0, 0.1) is 11.8 Å². The minimum Gasteiger partial charge on any atom is -0.462 e. The van der Waals surface area contributed by atoms with Crippen molar-refractivity contribution in [1.29, 1.82) is 0 Å². The number of unbranched alkanes of at least 4 members (excludes halogenated alkanes) is 9. The largest absolute Gasteiger partial charge is 0.462 e. The average Bonchev–Trinajstić information content (AvgIpc) is 2.58. The fraction of sp³-hybridized carbons (Fsp3) is 0.875. The van der Waals surface area contributed by atoms with Crippen LogP contribution in [-0.2, 0) is 9.53 Å². The van der Waals surface area contributed by atoms with Crippen LogP contribution in [0.1, 0.15) is 118 Å². The molecule has 154 valence electrons. The van der Waals surface area contributed by atoms with Crippen molar-refractivity contribution in [2.45, 2.75) is 118 Å². The third-order valence-corrected chi connectivity index (χ3v) is 4.92. The number of esters is 1. The van der Waals surface area contributed by atoms with Crippen LogP contribution < -0.4 is 0 Å². The highest BCUT2D eigenvalue weighted by molar-refractivity contribution is 5.87. The minimum atomic E-state index is -0.123. The molecule has 0 radical (unpaired) electrons. The van der Waals surface area contributed by atoms with Crippen molar-refractivity contribution < 1.29 is 9.53 Å². The summed E-state index contributed by atoms with van der Waals surface area (Å²) in [6.07, 6.45) is 18.3. The molecule has 0 fully saturated rings. The molecule has 0 aromatic carbocycles. The number of carbonyl (C=O) groups is 1. The van der Waals surface area contributed by atoms with E-state index in [1.165, 1.54) is 70.6 Å². The van der Waals surface area contributed by atoms with E-state index in [1.807, 2.05) is 6.92 Å². The predicted molar refractivity (Wildman–Crippen MR) is 114 cm³/mol. The maximum absolute atomic E-state index is 11.9. The number of hydrogen-bond donors (Lipinski definition) is 0. The van der Waals surface area contributed by atoms with Crippen molar-refractivity contribution in [3.63, 3.8) is 0 Å². The molecule has 0 atom stereocenters. The van der Waals surface area contributed by atoms with E-state index in [1.54, 1.807) is 0 Å². The molecule has 0 bridgehead atoms. The highest BCUT2D eigenvalue weighted by Crippen LogP contribution is 2.13. The highest BCUT2D eigenvalue weighted by Gasteiger charge is 2.05. The first-order valence-corrected chi connectivity index (χ1v) is 11.3. The average molecular weight is 367 g/mol. The van der Waals surface area contributed by atoms with Crippen LogP contribution in [0.5, 0.6) is 0 Å². The Morgan fingerprint density at radius 3 is 1.73 bits per heavy atom.